The fraction of sp³-hybridized carbons (Fsp3) is 0.500. The molecule has 0 aliphatic carbocycles. The summed E-state index contributed by atoms with van der Waals surface area (Å²) in [7, 11) is 1.95. The van der Waals surface area contributed by atoms with Gasteiger partial charge in [-0.2, -0.15) is 0 Å². The van der Waals surface area contributed by atoms with E-state index in [0.717, 1.165) is 0 Å². The van der Waals surface area contributed by atoms with E-state index in [2.05, 4.69) is 38.2 Å². The molecule has 0 radical (unpaired) electrons. The highest BCUT2D eigenvalue weighted by atomic mass is 14.9. The third-order valence-electron chi connectivity index (χ3n) is 3.06. The third kappa shape index (κ3) is 1.97. The predicted octanol–water partition coefficient (Wildman–Crippen LogP) is 1.83. The van der Waals surface area contributed by atoms with Crippen LogP contribution in [-0.4, -0.2) is 13.6 Å². The van der Waals surface area contributed by atoms with Gasteiger partial charge in [0.2, 0.25) is 0 Å². The second kappa shape index (κ2) is 4.58. The maximum Gasteiger partial charge on any atom is 0.0444 e. The van der Waals surface area contributed by atoms with Crippen molar-refractivity contribution in [3.8, 4) is 0 Å². The van der Waals surface area contributed by atoms with E-state index < -0.39 is 0 Å². The minimum absolute atomic E-state index is 0.272. The molecule has 1 rings (SSSR count). The van der Waals surface area contributed by atoms with E-state index in [1.165, 1.54) is 22.3 Å². The normalized spacial score (nSPS) is 12.9. The van der Waals surface area contributed by atoms with Gasteiger partial charge in [-0.05, 0) is 50.1 Å². The lowest BCUT2D eigenvalue weighted by atomic mass is 9.94. The van der Waals surface area contributed by atoms with Crippen LogP contribution in [0.25, 0.3) is 0 Å². The summed E-state index contributed by atoms with van der Waals surface area (Å²) in [6.45, 7) is 7.11. The summed E-state index contributed by atoms with van der Waals surface area (Å²) in [5.74, 6) is 0. The minimum atomic E-state index is 0.272. The Balaban J connectivity index is 3.16. The molecule has 3 N–H and O–H groups in total. The quantitative estimate of drug-likeness (QED) is 0.766. The number of nitrogens with one attached hydrogen (secondary N) is 1. The van der Waals surface area contributed by atoms with E-state index in [1.807, 2.05) is 7.05 Å². The summed E-state index contributed by atoms with van der Waals surface area (Å²) in [6, 6.07) is 4.61. The molecule has 0 heterocycles. The van der Waals surface area contributed by atoms with Gasteiger partial charge in [-0.3, -0.25) is 0 Å². The summed E-state index contributed by atoms with van der Waals surface area (Å²) < 4.78 is 0. The molecule has 1 aromatic rings. The number of hydrogen-bond donors (Lipinski definition) is 2. The highest BCUT2D eigenvalue weighted by Crippen LogP contribution is 2.22. The molecule has 2 heteroatoms. The van der Waals surface area contributed by atoms with E-state index in [0.29, 0.717) is 6.54 Å². The average molecular weight is 192 g/mol. The molecule has 1 aromatic carbocycles. The average Bonchev–Trinajstić information content (AvgIpc) is 2.19. The van der Waals surface area contributed by atoms with Crippen molar-refractivity contribution in [2.45, 2.75) is 26.8 Å². The van der Waals surface area contributed by atoms with Crippen molar-refractivity contribution in [1.82, 2.24) is 5.32 Å². The van der Waals surface area contributed by atoms with Crippen molar-refractivity contribution in [2.24, 2.45) is 5.73 Å². The molecule has 0 saturated carbocycles. The molecule has 78 valence electrons. The summed E-state index contributed by atoms with van der Waals surface area (Å²) >= 11 is 0. The second-order valence-electron chi connectivity index (χ2n) is 3.80. The Morgan fingerprint density at radius 3 is 2.36 bits per heavy atom. The van der Waals surface area contributed by atoms with Gasteiger partial charge < -0.3 is 11.1 Å². The van der Waals surface area contributed by atoms with Gasteiger partial charge in [-0.1, -0.05) is 12.1 Å². The molecule has 0 fully saturated rings. The summed E-state index contributed by atoms with van der Waals surface area (Å²) in [5, 5.41) is 3.23. The van der Waals surface area contributed by atoms with Gasteiger partial charge >= 0.3 is 0 Å². The summed E-state index contributed by atoms with van der Waals surface area (Å²) in [6.07, 6.45) is 0. The molecule has 0 aromatic heterocycles. The Labute approximate surface area is 86.5 Å². The molecule has 0 saturated heterocycles. The molecular formula is C12H20N2. The van der Waals surface area contributed by atoms with Crippen LogP contribution >= 0.6 is 0 Å². The fourth-order valence-electron chi connectivity index (χ4n) is 1.75. The zero-order valence-electron chi connectivity index (χ0n) is 9.52. The number of benzene rings is 1. The van der Waals surface area contributed by atoms with E-state index in [9.17, 15) is 0 Å². The monoisotopic (exact) mass is 192 g/mol. The summed E-state index contributed by atoms with van der Waals surface area (Å²) in [4.78, 5) is 0. The Kier molecular flexibility index (Phi) is 3.67. The Morgan fingerprint density at radius 1 is 1.21 bits per heavy atom. The van der Waals surface area contributed by atoms with Gasteiger partial charge in [0, 0.05) is 12.6 Å². The predicted molar refractivity (Wildman–Crippen MR) is 61.5 cm³/mol. The fourth-order valence-corrected chi connectivity index (χ4v) is 1.75. The lowest BCUT2D eigenvalue weighted by Crippen LogP contribution is -2.25. The van der Waals surface area contributed by atoms with Crippen LogP contribution in [0.4, 0.5) is 0 Å². The van der Waals surface area contributed by atoms with Crippen molar-refractivity contribution >= 4 is 0 Å². The van der Waals surface area contributed by atoms with Gasteiger partial charge in [-0.25, -0.2) is 0 Å². The molecule has 0 aliphatic heterocycles. The number of aryl methyl sites for hydroxylation is 1. The highest BCUT2D eigenvalue weighted by molar-refractivity contribution is 5.40. The lowest BCUT2D eigenvalue weighted by Gasteiger charge is -2.19. The van der Waals surface area contributed by atoms with E-state index in [1.54, 1.807) is 0 Å². The van der Waals surface area contributed by atoms with Crippen LogP contribution < -0.4 is 11.1 Å². The Hall–Kier alpha value is -0.860. The van der Waals surface area contributed by atoms with Crippen LogP contribution in [0.3, 0.4) is 0 Å². The molecule has 1 unspecified atom stereocenters. The van der Waals surface area contributed by atoms with Crippen molar-refractivity contribution in [3.05, 3.63) is 34.4 Å². The van der Waals surface area contributed by atoms with Gasteiger partial charge in [0.05, 0.1) is 0 Å². The van der Waals surface area contributed by atoms with Crippen LogP contribution in [-0.2, 0) is 0 Å². The SMILES string of the molecule is CNC(CN)c1ccc(C)c(C)c1C. The molecule has 2 nitrogen and oxygen atoms in total. The highest BCUT2D eigenvalue weighted by Gasteiger charge is 2.11. The standard InChI is InChI=1S/C12H20N2/c1-8-5-6-11(10(3)9(8)2)12(7-13)14-4/h5-6,12,14H,7,13H2,1-4H3. The van der Waals surface area contributed by atoms with Crippen LogP contribution in [0.2, 0.25) is 0 Å². The molecule has 0 spiro atoms. The first kappa shape index (κ1) is 11.2. The van der Waals surface area contributed by atoms with Crippen LogP contribution in [0.5, 0.6) is 0 Å². The van der Waals surface area contributed by atoms with Gasteiger partial charge in [0.25, 0.3) is 0 Å². The first-order valence-corrected chi connectivity index (χ1v) is 5.05. The zero-order chi connectivity index (χ0) is 10.7. The Morgan fingerprint density at radius 2 is 1.86 bits per heavy atom. The van der Waals surface area contributed by atoms with Crippen LogP contribution in [0.15, 0.2) is 12.1 Å². The molecule has 1 atom stereocenters. The number of nitrogens with two attached hydrogens (primary N) is 1. The number of hydrogen-bond acceptors (Lipinski definition) is 2. The minimum Gasteiger partial charge on any atom is -0.329 e. The van der Waals surface area contributed by atoms with Gasteiger partial charge in [-0.15, -0.1) is 0 Å². The van der Waals surface area contributed by atoms with E-state index >= 15 is 0 Å². The third-order valence-corrected chi connectivity index (χ3v) is 3.06. The van der Waals surface area contributed by atoms with Crippen molar-refractivity contribution in [2.75, 3.05) is 13.6 Å². The van der Waals surface area contributed by atoms with Crippen molar-refractivity contribution in [1.29, 1.82) is 0 Å². The van der Waals surface area contributed by atoms with Crippen molar-refractivity contribution < 1.29 is 0 Å². The van der Waals surface area contributed by atoms with Crippen molar-refractivity contribution in [3.63, 3.8) is 0 Å². The molecular weight excluding hydrogens is 172 g/mol. The van der Waals surface area contributed by atoms with Gasteiger partial charge in [0.1, 0.15) is 0 Å². The number of rotatable bonds is 3. The largest absolute Gasteiger partial charge is 0.329 e. The maximum absolute atomic E-state index is 5.71. The molecule has 14 heavy (non-hydrogen) atoms. The zero-order valence-corrected chi connectivity index (χ0v) is 9.52. The molecule has 0 bridgehead atoms. The van der Waals surface area contributed by atoms with E-state index in [4.69, 9.17) is 5.73 Å². The molecule has 0 aliphatic rings. The topological polar surface area (TPSA) is 38.0 Å². The summed E-state index contributed by atoms with van der Waals surface area (Å²) in [5.41, 5.74) is 11.1. The molecule has 0 amide bonds. The van der Waals surface area contributed by atoms with E-state index in [-0.39, 0.29) is 6.04 Å². The Bertz CT molecular complexity index is 314. The smallest absolute Gasteiger partial charge is 0.0444 e. The first-order valence-electron chi connectivity index (χ1n) is 5.05. The van der Waals surface area contributed by atoms with Crippen LogP contribution in [0.1, 0.15) is 28.3 Å². The lowest BCUT2D eigenvalue weighted by molar-refractivity contribution is 0.601. The second-order valence-corrected chi connectivity index (χ2v) is 3.80. The first-order chi connectivity index (χ1) is 6.61. The van der Waals surface area contributed by atoms with Gasteiger partial charge in [0.15, 0.2) is 0 Å². The maximum atomic E-state index is 5.71. The number of likely N-dealkylation sites (N-methyl/N-ethyl adjacent to an activating group) is 1. The van der Waals surface area contributed by atoms with Crippen LogP contribution in [0, 0.1) is 20.8 Å².